The number of hydrogen-bond acceptors (Lipinski definition) is 2. The van der Waals surface area contributed by atoms with Crippen LogP contribution in [0.25, 0.3) is 0 Å². The second-order valence-corrected chi connectivity index (χ2v) is 3.22. The Bertz CT molecular complexity index is 91.3. The minimum absolute atomic E-state index is 0.456. The lowest BCUT2D eigenvalue weighted by Gasteiger charge is -2.27. The fourth-order valence-electron chi connectivity index (χ4n) is 1.61. The molecule has 1 rings (SSSR count). The van der Waals surface area contributed by atoms with Crippen LogP contribution >= 0.6 is 0 Å². The van der Waals surface area contributed by atoms with Crippen LogP contribution in [0.15, 0.2) is 0 Å². The molecular formula is C8H18N2. The van der Waals surface area contributed by atoms with Crippen LogP contribution in [0.2, 0.25) is 0 Å². The van der Waals surface area contributed by atoms with E-state index >= 15 is 0 Å². The fourth-order valence-corrected chi connectivity index (χ4v) is 1.61. The van der Waals surface area contributed by atoms with E-state index in [1.54, 1.807) is 0 Å². The first-order valence-corrected chi connectivity index (χ1v) is 4.32. The molecule has 0 saturated carbocycles. The molecule has 60 valence electrons. The van der Waals surface area contributed by atoms with Gasteiger partial charge in [-0.3, -0.25) is 0 Å². The largest absolute Gasteiger partial charge is 0.328 e. The van der Waals surface area contributed by atoms with E-state index in [0.717, 1.165) is 13.0 Å². The zero-order chi connectivity index (χ0) is 7.40. The van der Waals surface area contributed by atoms with Crippen molar-refractivity contribution in [2.45, 2.75) is 44.7 Å². The molecule has 1 fully saturated rings. The third kappa shape index (κ3) is 2.27. The quantitative estimate of drug-likeness (QED) is 0.600. The molecule has 2 unspecified atom stereocenters. The molecule has 0 aliphatic carbocycles. The SMILES string of the molecule is CCCC1CC(N)CCN1. The van der Waals surface area contributed by atoms with E-state index in [-0.39, 0.29) is 0 Å². The predicted molar refractivity (Wildman–Crippen MR) is 43.9 cm³/mol. The van der Waals surface area contributed by atoms with Gasteiger partial charge in [0.1, 0.15) is 0 Å². The monoisotopic (exact) mass is 142 g/mol. The van der Waals surface area contributed by atoms with Gasteiger partial charge in [-0.25, -0.2) is 0 Å². The molecule has 0 bridgehead atoms. The minimum atomic E-state index is 0.456. The van der Waals surface area contributed by atoms with E-state index in [1.165, 1.54) is 19.3 Å². The Kier molecular flexibility index (Phi) is 3.16. The molecule has 0 aromatic rings. The summed E-state index contributed by atoms with van der Waals surface area (Å²) < 4.78 is 0. The number of nitrogens with two attached hydrogens (primary N) is 1. The molecule has 1 saturated heterocycles. The molecule has 2 nitrogen and oxygen atoms in total. The van der Waals surface area contributed by atoms with Crippen LogP contribution < -0.4 is 11.1 Å². The Labute approximate surface area is 63.2 Å². The molecule has 0 amide bonds. The average Bonchev–Trinajstić information content (AvgIpc) is 1.88. The van der Waals surface area contributed by atoms with E-state index < -0.39 is 0 Å². The molecule has 1 heterocycles. The summed E-state index contributed by atoms with van der Waals surface area (Å²) in [5.74, 6) is 0. The van der Waals surface area contributed by atoms with Crippen LogP contribution in [0.4, 0.5) is 0 Å². The molecule has 2 atom stereocenters. The number of rotatable bonds is 2. The Morgan fingerprint density at radius 2 is 2.40 bits per heavy atom. The predicted octanol–water partition coefficient (Wildman–Crippen LogP) is 0.866. The highest BCUT2D eigenvalue weighted by Crippen LogP contribution is 2.10. The van der Waals surface area contributed by atoms with Crippen molar-refractivity contribution >= 4 is 0 Å². The number of piperidine rings is 1. The van der Waals surface area contributed by atoms with Crippen molar-refractivity contribution in [1.29, 1.82) is 0 Å². The van der Waals surface area contributed by atoms with Gasteiger partial charge in [0.15, 0.2) is 0 Å². The van der Waals surface area contributed by atoms with Gasteiger partial charge in [0, 0.05) is 12.1 Å². The Hall–Kier alpha value is -0.0800. The standard InChI is InChI=1S/C8H18N2/c1-2-3-8-6-7(9)4-5-10-8/h7-8,10H,2-6,9H2,1H3. The molecular weight excluding hydrogens is 124 g/mol. The Morgan fingerprint density at radius 3 is 3.00 bits per heavy atom. The van der Waals surface area contributed by atoms with Crippen LogP contribution in [-0.4, -0.2) is 18.6 Å². The third-order valence-corrected chi connectivity index (χ3v) is 2.17. The zero-order valence-electron chi connectivity index (χ0n) is 6.77. The molecule has 0 spiro atoms. The summed E-state index contributed by atoms with van der Waals surface area (Å²) in [7, 11) is 0. The van der Waals surface area contributed by atoms with E-state index in [9.17, 15) is 0 Å². The maximum atomic E-state index is 5.82. The van der Waals surface area contributed by atoms with Crippen molar-refractivity contribution in [1.82, 2.24) is 5.32 Å². The lowest BCUT2D eigenvalue weighted by atomic mass is 9.97. The van der Waals surface area contributed by atoms with Crippen LogP contribution in [0.3, 0.4) is 0 Å². The minimum Gasteiger partial charge on any atom is -0.328 e. The van der Waals surface area contributed by atoms with E-state index in [1.807, 2.05) is 0 Å². The van der Waals surface area contributed by atoms with Gasteiger partial charge in [-0.15, -0.1) is 0 Å². The smallest absolute Gasteiger partial charge is 0.00817 e. The molecule has 10 heavy (non-hydrogen) atoms. The maximum Gasteiger partial charge on any atom is 0.00817 e. The highest BCUT2D eigenvalue weighted by Gasteiger charge is 2.16. The molecule has 0 radical (unpaired) electrons. The molecule has 0 aromatic carbocycles. The Balaban J connectivity index is 2.18. The van der Waals surface area contributed by atoms with E-state index in [2.05, 4.69) is 12.2 Å². The number of hydrogen-bond donors (Lipinski definition) is 2. The summed E-state index contributed by atoms with van der Waals surface area (Å²) in [6.07, 6.45) is 4.88. The first kappa shape index (κ1) is 8.02. The lowest BCUT2D eigenvalue weighted by molar-refractivity contribution is 0.345. The topological polar surface area (TPSA) is 38.0 Å². The van der Waals surface area contributed by atoms with Crippen molar-refractivity contribution in [2.24, 2.45) is 5.73 Å². The van der Waals surface area contributed by atoms with Gasteiger partial charge in [0.2, 0.25) is 0 Å². The van der Waals surface area contributed by atoms with Gasteiger partial charge < -0.3 is 11.1 Å². The second kappa shape index (κ2) is 3.94. The van der Waals surface area contributed by atoms with Crippen molar-refractivity contribution in [3.8, 4) is 0 Å². The Morgan fingerprint density at radius 1 is 1.60 bits per heavy atom. The van der Waals surface area contributed by atoms with Crippen molar-refractivity contribution in [3.05, 3.63) is 0 Å². The molecule has 1 aliphatic rings. The molecule has 2 heteroatoms. The summed E-state index contributed by atoms with van der Waals surface area (Å²) in [5, 5.41) is 3.47. The molecule has 1 aliphatic heterocycles. The van der Waals surface area contributed by atoms with Gasteiger partial charge >= 0.3 is 0 Å². The van der Waals surface area contributed by atoms with Gasteiger partial charge in [-0.2, -0.15) is 0 Å². The number of nitrogens with one attached hydrogen (secondary N) is 1. The van der Waals surface area contributed by atoms with Crippen molar-refractivity contribution in [3.63, 3.8) is 0 Å². The van der Waals surface area contributed by atoms with Gasteiger partial charge in [0.05, 0.1) is 0 Å². The van der Waals surface area contributed by atoms with Crippen molar-refractivity contribution in [2.75, 3.05) is 6.54 Å². The fraction of sp³-hybridized carbons (Fsp3) is 1.00. The van der Waals surface area contributed by atoms with Gasteiger partial charge in [0.25, 0.3) is 0 Å². The van der Waals surface area contributed by atoms with Gasteiger partial charge in [-0.1, -0.05) is 13.3 Å². The maximum absolute atomic E-state index is 5.82. The normalized spacial score (nSPS) is 34.2. The third-order valence-electron chi connectivity index (χ3n) is 2.17. The van der Waals surface area contributed by atoms with Crippen molar-refractivity contribution < 1.29 is 0 Å². The van der Waals surface area contributed by atoms with Gasteiger partial charge in [-0.05, 0) is 25.8 Å². The summed E-state index contributed by atoms with van der Waals surface area (Å²) in [5.41, 5.74) is 5.82. The summed E-state index contributed by atoms with van der Waals surface area (Å²) in [6.45, 7) is 3.34. The molecule has 3 N–H and O–H groups in total. The first-order valence-electron chi connectivity index (χ1n) is 4.32. The summed E-state index contributed by atoms with van der Waals surface area (Å²) in [6, 6.07) is 1.16. The van der Waals surface area contributed by atoms with Crippen LogP contribution in [-0.2, 0) is 0 Å². The van der Waals surface area contributed by atoms with Crippen LogP contribution in [0.1, 0.15) is 32.6 Å². The lowest BCUT2D eigenvalue weighted by Crippen LogP contribution is -2.43. The van der Waals surface area contributed by atoms with Crippen LogP contribution in [0, 0.1) is 0 Å². The van der Waals surface area contributed by atoms with Crippen LogP contribution in [0.5, 0.6) is 0 Å². The highest BCUT2D eigenvalue weighted by atomic mass is 14.9. The summed E-state index contributed by atoms with van der Waals surface area (Å²) in [4.78, 5) is 0. The highest BCUT2D eigenvalue weighted by molar-refractivity contribution is 4.79. The summed E-state index contributed by atoms with van der Waals surface area (Å²) >= 11 is 0. The molecule has 0 aromatic heterocycles. The second-order valence-electron chi connectivity index (χ2n) is 3.22. The zero-order valence-corrected chi connectivity index (χ0v) is 6.77. The van der Waals surface area contributed by atoms with E-state index in [0.29, 0.717) is 12.1 Å². The first-order chi connectivity index (χ1) is 4.83. The van der Waals surface area contributed by atoms with E-state index in [4.69, 9.17) is 5.73 Å². The average molecular weight is 142 g/mol.